The van der Waals surface area contributed by atoms with E-state index in [2.05, 4.69) is 22.0 Å². The van der Waals surface area contributed by atoms with E-state index >= 15 is 0 Å². The monoisotopic (exact) mass is 507 g/mol. The van der Waals surface area contributed by atoms with Crippen molar-refractivity contribution in [1.82, 2.24) is 9.88 Å². The Morgan fingerprint density at radius 3 is 2.47 bits per heavy atom. The van der Waals surface area contributed by atoms with Gasteiger partial charge >= 0.3 is 6.18 Å². The van der Waals surface area contributed by atoms with Crippen molar-refractivity contribution in [2.75, 3.05) is 42.9 Å². The molecule has 0 bridgehead atoms. The highest BCUT2D eigenvalue weighted by molar-refractivity contribution is 5.55. The van der Waals surface area contributed by atoms with E-state index in [1.165, 1.54) is 6.07 Å². The van der Waals surface area contributed by atoms with Crippen molar-refractivity contribution in [2.45, 2.75) is 57.3 Å². The third-order valence-corrected chi connectivity index (χ3v) is 6.78. The van der Waals surface area contributed by atoms with Crippen LogP contribution >= 0.6 is 0 Å². The van der Waals surface area contributed by atoms with Crippen LogP contribution < -0.4 is 15.0 Å². The average molecular weight is 508 g/mol. The number of aromatic nitrogens is 1. The van der Waals surface area contributed by atoms with Crippen molar-refractivity contribution in [2.24, 2.45) is 0 Å². The van der Waals surface area contributed by atoms with Crippen LogP contribution in [-0.2, 0) is 6.18 Å². The van der Waals surface area contributed by atoms with Crippen molar-refractivity contribution < 1.29 is 22.8 Å². The number of rotatable bonds is 8. The number of alkyl halides is 3. The fraction of sp³-hybridized carbons (Fsp3) is 0.560. The minimum atomic E-state index is -4.80. The van der Waals surface area contributed by atoms with Crippen LogP contribution in [-0.4, -0.2) is 59.7 Å². The third kappa shape index (κ3) is 6.57. The summed E-state index contributed by atoms with van der Waals surface area (Å²) in [6.45, 7) is 7.23. The van der Waals surface area contributed by atoms with Gasteiger partial charge in [0, 0.05) is 50.0 Å². The third-order valence-electron chi connectivity index (χ3n) is 6.78. The molecule has 1 aliphatic carbocycles. The summed E-state index contributed by atoms with van der Waals surface area (Å²) >= 11 is 0. The first-order valence-corrected chi connectivity index (χ1v) is 12.5. The summed E-state index contributed by atoms with van der Waals surface area (Å²) in [5, 5.41) is 14.1. The molecule has 1 aromatic carbocycles. The number of hydrogen-bond donors (Lipinski definition) is 1. The van der Waals surface area contributed by atoms with Crippen LogP contribution in [0.25, 0.3) is 0 Å². The van der Waals surface area contributed by atoms with Crippen molar-refractivity contribution in [3.05, 3.63) is 52.1 Å². The zero-order valence-electron chi connectivity index (χ0n) is 20.3. The molecule has 1 saturated heterocycles. The minimum absolute atomic E-state index is 0.0187. The maximum absolute atomic E-state index is 13.3. The molecule has 0 unspecified atom stereocenters. The van der Waals surface area contributed by atoms with E-state index in [1.54, 1.807) is 0 Å². The van der Waals surface area contributed by atoms with Crippen LogP contribution in [0.3, 0.4) is 0 Å². The Labute approximate surface area is 208 Å². The highest BCUT2D eigenvalue weighted by Crippen LogP contribution is 2.38. The number of piperazine rings is 1. The van der Waals surface area contributed by atoms with Gasteiger partial charge in [0.1, 0.15) is 17.5 Å². The maximum atomic E-state index is 13.3. The summed E-state index contributed by atoms with van der Waals surface area (Å²) in [5.41, 5.74) is -1.96. The highest BCUT2D eigenvalue weighted by Gasteiger charge is 2.38. The summed E-state index contributed by atoms with van der Waals surface area (Å²) in [5.74, 6) is 1.50. The predicted molar refractivity (Wildman–Crippen MR) is 132 cm³/mol. The Morgan fingerprint density at radius 2 is 1.83 bits per heavy atom. The van der Waals surface area contributed by atoms with Crippen molar-refractivity contribution >= 4 is 17.2 Å². The normalized spacial score (nSPS) is 21.3. The molecule has 0 radical (unpaired) electrons. The lowest BCUT2D eigenvalue weighted by Crippen LogP contribution is -2.46. The second kappa shape index (κ2) is 11.3. The lowest BCUT2D eigenvalue weighted by Gasteiger charge is -2.35. The molecule has 2 fully saturated rings. The van der Waals surface area contributed by atoms with Crippen LogP contribution in [0.2, 0.25) is 0 Å². The first kappa shape index (κ1) is 26.0. The summed E-state index contributed by atoms with van der Waals surface area (Å²) in [6, 6.07) is 8.83. The molecule has 2 aromatic rings. The van der Waals surface area contributed by atoms with E-state index in [0.29, 0.717) is 18.7 Å². The number of hydrogen-bond acceptors (Lipinski definition) is 7. The fourth-order valence-corrected chi connectivity index (χ4v) is 4.91. The molecule has 1 aromatic heterocycles. The van der Waals surface area contributed by atoms with Gasteiger partial charge in [-0.1, -0.05) is 13.0 Å². The second-order valence-electron chi connectivity index (χ2n) is 9.39. The highest BCUT2D eigenvalue weighted by atomic mass is 19.4. The van der Waals surface area contributed by atoms with Gasteiger partial charge in [0.15, 0.2) is 0 Å². The zero-order valence-corrected chi connectivity index (χ0v) is 20.3. The summed E-state index contributed by atoms with van der Waals surface area (Å²) in [4.78, 5) is 19.4. The van der Waals surface area contributed by atoms with Crippen molar-refractivity contribution in [3.63, 3.8) is 0 Å². The van der Waals surface area contributed by atoms with E-state index in [4.69, 9.17) is 9.72 Å². The molecule has 11 heteroatoms. The number of halogens is 3. The van der Waals surface area contributed by atoms with Gasteiger partial charge in [0.05, 0.1) is 4.92 Å². The molecule has 36 heavy (non-hydrogen) atoms. The number of ether oxygens (including phenoxy) is 1. The van der Waals surface area contributed by atoms with Gasteiger partial charge in [-0.05, 0) is 56.8 Å². The number of nitrogens with one attached hydrogen (secondary N) is 1. The Morgan fingerprint density at radius 1 is 1.11 bits per heavy atom. The summed E-state index contributed by atoms with van der Waals surface area (Å²) in [6.07, 6.45) is -0.770. The Hall–Kier alpha value is -3.08. The molecule has 196 valence electrons. The maximum Gasteiger partial charge on any atom is 0.423 e. The molecule has 1 saturated carbocycles. The second-order valence-corrected chi connectivity index (χ2v) is 9.39. The van der Waals surface area contributed by atoms with E-state index in [0.717, 1.165) is 69.9 Å². The van der Waals surface area contributed by atoms with Gasteiger partial charge in [-0.25, -0.2) is 0 Å². The number of pyridine rings is 1. The van der Waals surface area contributed by atoms with Crippen LogP contribution in [0.5, 0.6) is 5.88 Å². The van der Waals surface area contributed by atoms with Crippen LogP contribution in [0, 0.1) is 10.1 Å². The largest absolute Gasteiger partial charge is 0.474 e. The summed E-state index contributed by atoms with van der Waals surface area (Å²) in [7, 11) is 0. The van der Waals surface area contributed by atoms with Gasteiger partial charge in [-0.2, -0.15) is 18.2 Å². The first-order valence-electron chi connectivity index (χ1n) is 12.5. The number of nitrogens with zero attached hydrogens (tertiary/aromatic N) is 4. The smallest absolute Gasteiger partial charge is 0.423 e. The van der Waals surface area contributed by atoms with Crippen LogP contribution in [0.15, 0.2) is 36.4 Å². The molecule has 0 spiro atoms. The predicted octanol–water partition coefficient (Wildman–Crippen LogP) is 5.34. The van der Waals surface area contributed by atoms with Crippen LogP contribution in [0.1, 0.15) is 44.6 Å². The molecular formula is C25H32F3N5O3. The number of nitro groups is 1. The van der Waals surface area contributed by atoms with Crippen molar-refractivity contribution in [1.29, 1.82) is 0 Å². The van der Waals surface area contributed by atoms with Crippen molar-refractivity contribution in [3.8, 4) is 5.88 Å². The average Bonchev–Trinajstić information content (AvgIpc) is 2.85. The first-order chi connectivity index (χ1) is 17.2. The molecular weight excluding hydrogens is 475 g/mol. The minimum Gasteiger partial charge on any atom is -0.474 e. The Bertz CT molecular complexity index is 1040. The van der Waals surface area contributed by atoms with Gasteiger partial charge in [-0.15, -0.1) is 0 Å². The number of benzene rings is 1. The lowest BCUT2D eigenvalue weighted by atomic mass is 9.92. The molecule has 0 amide bonds. The van der Waals surface area contributed by atoms with Crippen LogP contribution in [0.4, 0.5) is 30.4 Å². The molecule has 1 aliphatic heterocycles. The zero-order chi connectivity index (χ0) is 25.7. The molecule has 0 atom stereocenters. The van der Waals surface area contributed by atoms with Gasteiger partial charge < -0.3 is 15.0 Å². The van der Waals surface area contributed by atoms with E-state index in [9.17, 15) is 23.3 Å². The topological polar surface area (TPSA) is 83.8 Å². The SMILES string of the molecule is CCCN1CCN(c2cccc(OC3CCC(Nc4ccc([N+](=O)[O-])c(C(F)(F)F)c4)CC3)n2)CC1. The number of nitro benzene ring substituents is 1. The van der Waals surface area contributed by atoms with E-state index < -0.39 is 22.4 Å². The molecule has 4 rings (SSSR count). The van der Waals surface area contributed by atoms with E-state index in [1.807, 2.05) is 18.2 Å². The standard InChI is InChI=1S/C25H32F3N5O3/c1-2-12-31-13-15-32(16-14-31)23-4-3-5-24(30-23)36-20-9-6-18(7-10-20)29-19-8-11-22(33(34)35)21(17-19)25(26,27)28/h3-5,8,11,17-18,20,29H,2,6-7,9-10,12-16H2,1H3. The number of anilines is 2. The Kier molecular flexibility index (Phi) is 8.17. The fourth-order valence-electron chi connectivity index (χ4n) is 4.91. The molecule has 2 aliphatic rings. The lowest BCUT2D eigenvalue weighted by molar-refractivity contribution is -0.388. The molecule has 2 heterocycles. The van der Waals surface area contributed by atoms with Gasteiger partial charge in [0.2, 0.25) is 5.88 Å². The molecule has 1 N–H and O–H groups in total. The van der Waals surface area contributed by atoms with Gasteiger partial charge in [0.25, 0.3) is 5.69 Å². The molecule has 8 nitrogen and oxygen atoms in total. The van der Waals surface area contributed by atoms with E-state index in [-0.39, 0.29) is 17.8 Å². The van der Waals surface area contributed by atoms with Gasteiger partial charge in [-0.3, -0.25) is 15.0 Å². The Balaban J connectivity index is 1.30. The summed E-state index contributed by atoms with van der Waals surface area (Å²) < 4.78 is 45.9. The quantitative estimate of drug-likeness (QED) is 0.381.